The van der Waals surface area contributed by atoms with Gasteiger partial charge in [-0.1, -0.05) is 47.1 Å². The Morgan fingerprint density at radius 3 is 2.32 bits per heavy atom. The van der Waals surface area contributed by atoms with Gasteiger partial charge in [-0.15, -0.1) is 0 Å². The standard InChI is InChI=1S/C24H27BrN2O4/c1-4-15-31-19-11-7-16(8-12-19)21-20(22(28)17-5-9-18(25)10-6-17)23(29)24(30)27(21)14-13-26(2)3/h5-12,21,28H,4,13-15H2,1-3H3/t21-/m1/s1. The monoisotopic (exact) mass is 486 g/mol. The minimum absolute atomic E-state index is 0.105. The van der Waals surface area contributed by atoms with Crippen LogP contribution in [0.2, 0.25) is 0 Å². The van der Waals surface area contributed by atoms with Gasteiger partial charge >= 0.3 is 0 Å². The fraction of sp³-hybridized carbons (Fsp3) is 0.333. The lowest BCUT2D eigenvalue weighted by Crippen LogP contribution is -2.35. The number of aliphatic hydroxyl groups excluding tert-OH is 1. The second-order valence-corrected chi connectivity index (χ2v) is 8.64. The zero-order valence-corrected chi connectivity index (χ0v) is 19.6. The van der Waals surface area contributed by atoms with Crippen molar-refractivity contribution in [2.45, 2.75) is 19.4 Å². The first kappa shape index (κ1) is 23.0. The number of halogens is 1. The van der Waals surface area contributed by atoms with Crippen LogP contribution in [0.15, 0.2) is 58.6 Å². The number of benzene rings is 2. The van der Waals surface area contributed by atoms with E-state index >= 15 is 0 Å². The first-order chi connectivity index (χ1) is 14.8. The summed E-state index contributed by atoms with van der Waals surface area (Å²) < 4.78 is 6.51. The van der Waals surface area contributed by atoms with Crippen molar-refractivity contribution in [3.8, 4) is 5.75 Å². The number of ketones is 1. The molecule has 2 aromatic rings. The van der Waals surface area contributed by atoms with Crippen molar-refractivity contribution in [3.05, 3.63) is 69.7 Å². The predicted molar refractivity (Wildman–Crippen MR) is 124 cm³/mol. The largest absolute Gasteiger partial charge is 0.507 e. The summed E-state index contributed by atoms with van der Waals surface area (Å²) in [6.45, 7) is 3.62. The Hall–Kier alpha value is -2.64. The number of rotatable bonds is 8. The molecule has 1 N–H and O–H groups in total. The van der Waals surface area contributed by atoms with Crippen molar-refractivity contribution in [1.82, 2.24) is 9.80 Å². The molecule has 2 aromatic carbocycles. The third-order valence-electron chi connectivity index (χ3n) is 5.11. The van der Waals surface area contributed by atoms with Crippen molar-refractivity contribution in [2.75, 3.05) is 33.8 Å². The molecule has 164 valence electrons. The molecule has 31 heavy (non-hydrogen) atoms. The van der Waals surface area contributed by atoms with Crippen LogP contribution in [0.25, 0.3) is 5.76 Å². The minimum Gasteiger partial charge on any atom is -0.507 e. The smallest absolute Gasteiger partial charge is 0.295 e. The van der Waals surface area contributed by atoms with Gasteiger partial charge in [0.15, 0.2) is 0 Å². The molecule has 0 unspecified atom stereocenters. The minimum atomic E-state index is -0.671. The molecule has 0 bridgehead atoms. The molecule has 0 spiro atoms. The summed E-state index contributed by atoms with van der Waals surface area (Å²) in [5, 5.41) is 11.0. The number of Topliss-reactive ketones (excluding diaryl/α,β-unsaturated/α-hetero) is 1. The molecular formula is C24H27BrN2O4. The van der Waals surface area contributed by atoms with Crippen LogP contribution in [-0.2, 0) is 9.59 Å². The Morgan fingerprint density at radius 1 is 1.10 bits per heavy atom. The van der Waals surface area contributed by atoms with E-state index < -0.39 is 17.7 Å². The van der Waals surface area contributed by atoms with Crippen LogP contribution in [-0.4, -0.2) is 60.4 Å². The number of amides is 1. The van der Waals surface area contributed by atoms with Crippen molar-refractivity contribution in [1.29, 1.82) is 0 Å². The molecular weight excluding hydrogens is 460 g/mol. The maximum absolute atomic E-state index is 13.0. The highest BCUT2D eigenvalue weighted by atomic mass is 79.9. The molecule has 0 aromatic heterocycles. The second-order valence-electron chi connectivity index (χ2n) is 7.72. The van der Waals surface area contributed by atoms with Gasteiger partial charge in [-0.05, 0) is 50.3 Å². The van der Waals surface area contributed by atoms with Gasteiger partial charge in [0.25, 0.3) is 11.7 Å². The Morgan fingerprint density at radius 2 is 1.74 bits per heavy atom. The lowest BCUT2D eigenvalue weighted by molar-refractivity contribution is -0.140. The van der Waals surface area contributed by atoms with E-state index in [4.69, 9.17) is 4.74 Å². The van der Waals surface area contributed by atoms with E-state index in [2.05, 4.69) is 15.9 Å². The van der Waals surface area contributed by atoms with Crippen LogP contribution >= 0.6 is 15.9 Å². The van der Waals surface area contributed by atoms with E-state index in [1.54, 1.807) is 24.3 Å². The topological polar surface area (TPSA) is 70.1 Å². The Bertz CT molecular complexity index is 968. The van der Waals surface area contributed by atoms with E-state index in [0.29, 0.717) is 25.3 Å². The summed E-state index contributed by atoms with van der Waals surface area (Å²) in [6, 6.07) is 13.7. The Balaban J connectivity index is 2.06. The number of ether oxygens (including phenoxy) is 1. The third kappa shape index (κ3) is 5.17. The van der Waals surface area contributed by atoms with Gasteiger partial charge < -0.3 is 19.6 Å². The van der Waals surface area contributed by atoms with E-state index in [9.17, 15) is 14.7 Å². The summed E-state index contributed by atoms with van der Waals surface area (Å²) in [4.78, 5) is 29.4. The van der Waals surface area contributed by atoms with Crippen molar-refractivity contribution < 1.29 is 19.4 Å². The summed E-state index contributed by atoms with van der Waals surface area (Å²) in [5.41, 5.74) is 1.34. The maximum atomic E-state index is 13.0. The first-order valence-corrected chi connectivity index (χ1v) is 11.0. The predicted octanol–water partition coefficient (Wildman–Crippen LogP) is 4.22. The number of nitrogens with zero attached hydrogens (tertiary/aromatic N) is 2. The highest BCUT2D eigenvalue weighted by molar-refractivity contribution is 9.10. The summed E-state index contributed by atoms with van der Waals surface area (Å²) in [6.07, 6.45) is 0.902. The number of hydrogen-bond donors (Lipinski definition) is 1. The zero-order chi connectivity index (χ0) is 22.5. The lowest BCUT2D eigenvalue weighted by atomic mass is 9.95. The normalized spacial score (nSPS) is 18.1. The number of likely N-dealkylation sites (N-methyl/N-ethyl adjacent to an activating group) is 1. The SMILES string of the molecule is CCCOc1ccc([C@@H]2C(=C(O)c3ccc(Br)cc3)C(=O)C(=O)N2CCN(C)C)cc1. The van der Waals surface area contributed by atoms with Crippen LogP contribution in [0.4, 0.5) is 0 Å². The lowest BCUT2D eigenvalue weighted by Gasteiger charge is -2.26. The molecule has 1 saturated heterocycles. The van der Waals surface area contributed by atoms with Crippen LogP contribution in [0.3, 0.4) is 0 Å². The number of aliphatic hydroxyl groups is 1. The van der Waals surface area contributed by atoms with Gasteiger partial charge in [-0.3, -0.25) is 9.59 Å². The van der Waals surface area contributed by atoms with Gasteiger partial charge in [0.1, 0.15) is 11.5 Å². The van der Waals surface area contributed by atoms with Gasteiger partial charge in [-0.25, -0.2) is 0 Å². The van der Waals surface area contributed by atoms with E-state index in [-0.39, 0.29) is 11.3 Å². The fourth-order valence-corrected chi connectivity index (χ4v) is 3.76. The average Bonchev–Trinajstić information content (AvgIpc) is 3.01. The maximum Gasteiger partial charge on any atom is 0.295 e. The van der Waals surface area contributed by atoms with E-state index in [0.717, 1.165) is 22.2 Å². The molecule has 7 heteroatoms. The Labute approximate surface area is 191 Å². The zero-order valence-electron chi connectivity index (χ0n) is 18.0. The quantitative estimate of drug-likeness (QED) is 0.343. The van der Waals surface area contributed by atoms with E-state index in [1.165, 1.54) is 4.90 Å². The molecule has 1 heterocycles. The molecule has 0 radical (unpaired) electrons. The van der Waals surface area contributed by atoms with Crippen LogP contribution in [0.5, 0.6) is 5.75 Å². The molecule has 1 atom stereocenters. The number of likely N-dealkylation sites (tertiary alicyclic amines) is 1. The van der Waals surface area contributed by atoms with Gasteiger partial charge in [0.2, 0.25) is 0 Å². The molecule has 1 aliphatic rings. The average molecular weight is 487 g/mol. The summed E-state index contributed by atoms with van der Waals surface area (Å²) in [7, 11) is 3.82. The summed E-state index contributed by atoms with van der Waals surface area (Å²) in [5.74, 6) is -0.717. The summed E-state index contributed by atoms with van der Waals surface area (Å²) >= 11 is 3.37. The van der Waals surface area contributed by atoms with E-state index in [1.807, 2.05) is 50.2 Å². The van der Waals surface area contributed by atoms with Gasteiger partial charge in [0, 0.05) is 23.1 Å². The first-order valence-electron chi connectivity index (χ1n) is 10.2. The second kappa shape index (κ2) is 10.1. The highest BCUT2D eigenvalue weighted by Crippen LogP contribution is 2.39. The molecule has 0 aliphatic carbocycles. The molecule has 1 fully saturated rings. The highest BCUT2D eigenvalue weighted by Gasteiger charge is 2.45. The molecule has 1 amide bonds. The molecule has 3 rings (SSSR count). The Kier molecular flexibility index (Phi) is 7.51. The number of carbonyl (C=O) groups is 2. The third-order valence-corrected chi connectivity index (χ3v) is 5.64. The van der Waals surface area contributed by atoms with Crippen molar-refractivity contribution in [2.24, 2.45) is 0 Å². The fourth-order valence-electron chi connectivity index (χ4n) is 3.49. The number of hydrogen-bond acceptors (Lipinski definition) is 5. The number of carbonyl (C=O) groups excluding carboxylic acids is 2. The molecule has 6 nitrogen and oxygen atoms in total. The van der Waals surface area contributed by atoms with Crippen molar-refractivity contribution in [3.63, 3.8) is 0 Å². The molecule has 0 saturated carbocycles. The van der Waals surface area contributed by atoms with Crippen LogP contribution < -0.4 is 4.74 Å². The van der Waals surface area contributed by atoms with Crippen LogP contribution in [0.1, 0.15) is 30.5 Å². The van der Waals surface area contributed by atoms with Crippen LogP contribution in [0, 0.1) is 0 Å². The van der Waals surface area contributed by atoms with Crippen molar-refractivity contribution >= 4 is 33.4 Å². The molecule has 1 aliphatic heterocycles. The van der Waals surface area contributed by atoms with Gasteiger partial charge in [-0.2, -0.15) is 0 Å². The van der Waals surface area contributed by atoms with Gasteiger partial charge in [0.05, 0.1) is 18.2 Å².